The van der Waals surface area contributed by atoms with Crippen LogP contribution in [0.25, 0.3) is 28.3 Å². The van der Waals surface area contributed by atoms with Crippen LogP contribution in [0.1, 0.15) is 30.0 Å². The van der Waals surface area contributed by atoms with Crippen molar-refractivity contribution in [2.75, 3.05) is 0 Å². The highest BCUT2D eigenvalue weighted by atomic mass is 35.5. The lowest BCUT2D eigenvalue weighted by atomic mass is 10.1. The summed E-state index contributed by atoms with van der Waals surface area (Å²) in [5.41, 5.74) is 4.67. The maximum absolute atomic E-state index is 6.69. The molecule has 5 rings (SSSR count). The van der Waals surface area contributed by atoms with Crippen molar-refractivity contribution in [1.82, 2.24) is 39.1 Å². The molecule has 0 saturated heterocycles. The monoisotopic (exact) mass is 422 g/mol. The Bertz CT molecular complexity index is 1380. The molecule has 1 aromatic carbocycles. The fourth-order valence-corrected chi connectivity index (χ4v) is 3.95. The quantitative estimate of drug-likeness (QED) is 0.436. The topological polar surface area (TPSA) is 91.9 Å². The number of rotatable bonds is 4. The van der Waals surface area contributed by atoms with E-state index in [-0.39, 0.29) is 0 Å². The Labute approximate surface area is 176 Å². The van der Waals surface area contributed by atoms with Crippen LogP contribution in [0.15, 0.2) is 35.3 Å². The van der Waals surface area contributed by atoms with Crippen molar-refractivity contribution in [2.45, 2.75) is 34.1 Å². The van der Waals surface area contributed by atoms with Gasteiger partial charge in [0, 0.05) is 12.0 Å². The van der Waals surface area contributed by atoms with Gasteiger partial charge in [0.25, 0.3) is 0 Å². The lowest BCUT2D eigenvalue weighted by Gasteiger charge is -2.07. The molecule has 0 aliphatic heterocycles. The van der Waals surface area contributed by atoms with E-state index in [9.17, 15) is 0 Å². The van der Waals surface area contributed by atoms with E-state index in [1.165, 1.54) is 6.33 Å². The highest BCUT2D eigenvalue weighted by molar-refractivity contribution is 6.33. The summed E-state index contributed by atoms with van der Waals surface area (Å²) in [6, 6.07) is 5.74. The molecule has 0 aliphatic rings. The summed E-state index contributed by atoms with van der Waals surface area (Å²) in [6.45, 7) is 7.74. The van der Waals surface area contributed by atoms with Crippen LogP contribution < -0.4 is 0 Å². The molecule has 0 amide bonds. The molecule has 0 saturated carbocycles. The van der Waals surface area contributed by atoms with Crippen molar-refractivity contribution in [1.29, 1.82) is 0 Å². The maximum Gasteiger partial charge on any atom is 0.249 e. The van der Waals surface area contributed by atoms with Gasteiger partial charge in [-0.15, -0.1) is 0 Å². The third-order valence-corrected chi connectivity index (χ3v) is 5.30. The van der Waals surface area contributed by atoms with Gasteiger partial charge in [-0.25, -0.2) is 19.3 Å². The van der Waals surface area contributed by atoms with Crippen molar-refractivity contribution in [3.63, 3.8) is 0 Å². The Hall–Kier alpha value is -3.46. The first-order valence-corrected chi connectivity index (χ1v) is 9.92. The molecule has 0 fully saturated rings. The summed E-state index contributed by atoms with van der Waals surface area (Å²) < 4.78 is 11.5. The van der Waals surface area contributed by atoms with Crippen LogP contribution in [0.2, 0.25) is 5.02 Å². The van der Waals surface area contributed by atoms with E-state index in [2.05, 4.69) is 20.2 Å². The van der Waals surface area contributed by atoms with Gasteiger partial charge < -0.3 is 4.42 Å². The first-order valence-electron chi connectivity index (χ1n) is 9.54. The normalized spacial score (nSPS) is 11.6. The van der Waals surface area contributed by atoms with Crippen LogP contribution >= 0.6 is 11.6 Å². The zero-order valence-corrected chi connectivity index (χ0v) is 17.7. The first kappa shape index (κ1) is 18.6. The molecular weight excluding hydrogens is 404 g/mol. The van der Waals surface area contributed by atoms with E-state index in [1.807, 2.05) is 45.9 Å². The Morgan fingerprint density at radius 2 is 1.97 bits per heavy atom. The number of nitrogens with zero attached hydrogens (tertiary/aromatic N) is 8. The summed E-state index contributed by atoms with van der Waals surface area (Å²) >= 11 is 6.69. The molecule has 0 unspecified atom stereocenters. The molecule has 0 N–H and O–H groups in total. The summed E-state index contributed by atoms with van der Waals surface area (Å²) in [6.07, 6.45) is 3.80. The third-order valence-electron chi connectivity index (χ3n) is 4.98. The second-order valence-corrected chi connectivity index (χ2v) is 7.41. The third kappa shape index (κ3) is 2.73. The predicted molar refractivity (Wildman–Crippen MR) is 111 cm³/mol. The van der Waals surface area contributed by atoms with Crippen molar-refractivity contribution >= 4 is 17.3 Å². The molecule has 4 heterocycles. The fraction of sp³-hybridized carbons (Fsp3) is 0.250. The molecule has 5 aromatic rings. The van der Waals surface area contributed by atoms with Gasteiger partial charge in [0.15, 0.2) is 5.69 Å². The average molecular weight is 423 g/mol. The van der Waals surface area contributed by atoms with Gasteiger partial charge in [0.05, 0.1) is 16.4 Å². The number of aryl methyl sites for hydroxylation is 4. The molecule has 10 heteroatoms. The molecule has 9 nitrogen and oxygen atoms in total. The minimum absolute atomic E-state index is 0.572. The highest BCUT2D eigenvalue weighted by Gasteiger charge is 2.25. The zero-order chi connectivity index (χ0) is 21.0. The SMILES string of the molecule is CCc1oc2c(-n3nc(C)nc3C)c(C)nn2c1-c1ccc(-n2cncn2)cc1Cl. The molecule has 30 heavy (non-hydrogen) atoms. The first-order chi connectivity index (χ1) is 14.5. The summed E-state index contributed by atoms with van der Waals surface area (Å²) in [4.78, 5) is 8.39. The molecule has 152 valence electrons. The molecule has 0 bridgehead atoms. The highest BCUT2D eigenvalue weighted by Crippen LogP contribution is 2.36. The van der Waals surface area contributed by atoms with Gasteiger partial charge in [-0.2, -0.15) is 19.8 Å². The zero-order valence-electron chi connectivity index (χ0n) is 17.0. The van der Waals surface area contributed by atoms with Crippen molar-refractivity contribution in [3.8, 4) is 22.6 Å². The lowest BCUT2D eigenvalue weighted by Crippen LogP contribution is -2.00. The molecule has 4 aromatic heterocycles. The van der Waals surface area contributed by atoms with Crippen LogP contribution in [0.3, 0.4) is 0 Å². The van der Waals surface area contributed by atoms with Gasteiger partial charge in [0.1, 0.15) is 35.8 Å². The van der Waals surface area contributed by atoms with Crippen LogP contribution in [-0.2, 0) is 6.42 Å². The van der Waals surface area contributed by atoms with Crippen LogP contribution in [0, 0.1) is 20.8 Å². The van der Waals surface area contributed by atoms with E-state index in [0.29, 0.717) is 23.0 Å². The Morgan fingerprint density at radius 3 is 2.60 bits per heavy atom. The average Bonchev–Trinajstić information content (AvgIpc) is 3.47. The van der Waals surface area contributed by atoms with E-state index in [4.69, 9.17) is 21.1 Å². The van der Waals surface area contributed by atoms with Crippen molar-refractivity contribution < 1.29 is 4.42 Å². The maximum atomic E-state index is 6.69. The molecule has 0 atom stereocenters. The van der Waals surface area contributed by atoms with Crippen molar-refractivity contribution in [3.05, 3.63) is 59.0 Å². The number of halogens is 1. The van der Waals surface area contributed by atoms with Crippen LogP contribution in [-0.4, -0.2) is 39.1 Å². The summed E-state index contributed by atoms with van der Waals surface area (Å²) in [5, 5.41) is 14.0. The molecular formula is C20H19ClN8O. The smallest absolute Gasteiger partial charge is 0.249 e. The predicted octanol–water partition coefficient (Wildman–Crippen LogP) is 3.90. The minimum atomic E-state index is 0.572. The number of hydrogen-bond acceptors (Lipinski definition) is 6. The Balaban J connectivity index is 1.72. The van der Waals surface area contributed by atoms with Gasteiger partial charge in [-0.3, -0.25) is 0 Å². The van der Waals surface area contributed by atoms with E-state index in [0.717, 1.165) is 39.9 Å². The number of hydrogen-bond donors (Lipinski definition) is 0. The van der Waals surface area contributed by atoms with Crippen LogP contribution in [0.5, 0.6) is 0 Å². The summed E-state index contributed by atoms with van der Waals surface area (Å²) in [5.74, 6) is 2.26. The lowest BCUT2D eigenvalue weighted by molar-refractivity contribution is 0.550. The van der Waals surface area contributed by atoms with Gasteiger partial charge in [0.2, 0.25) is 5.71 Å². The number of oxazole rings is 1. The van der Waals surface area contributed by atoms with Gasteiger partial charge in [-0.1, -0.05) is 18.5 Å². The minimum Gasteiger partial charge on any atom is -0.439 e. The van der Waals surface area contributed by atoms with E-state index in [1.54, 1.807) is 20.2 Å². The van der Waals surface area contributed by atoms with Gasteiger partial charge in [-0.05, 0) is 39.0 Å². The number of aromatic nitrogens is 8. The summed E-state index contributed by atoms with van der Waals surface area (Å²) in [7, 11) is 0. The standard InChI is InChI=1S/C20H19ClN8O/c1-5-17-19(15-7-6-14(8-16(15)21)27-10-22-9-23-27)29-20(30-17)18(11(2)25-29)28-13(4)24-12(3)26-28/h6-10H,5H2,1-4H3. The largest absolute Gasteiger partial charge is 0.439 e. The molecule has 0 aliphatic carbocycles. The van der Waals surface area contributed by atoms with Crippen molar-refractivity contribution in [2.24, 2.45) is 0 Å². The van der Waals surface area contributed by atoms with Crippen LogP contribution in [0.4, 0.5) is 0 Å². The fourth-order valence-electron chi connectivity index (χ4n) is 3.68. The molecule has 0 spiro atoms. The number of fused-ring (bicyclic) bond motifs is 1. The second-order valence-electron chi connectivity index (χ2n) is 7.00. The van der Waals surface area contributed by atoms with Gasteiger partial charge >= 0.3 is 0 Å². The van der Waals surface area contributed by atoms with E-state index < -0.39 is 0 Å². The Morgan fingerprint density at radius 1 is 1.13 bits per heavy atom. The second kappa shape index (κ2) is 6.81. The number of benzene rings is 1. The Kier molecular flexibility index (Phi) is 4.21. The molecule has 0 radical (unpaired) electrons. The van der Waals surface area contributed by atoms with E-state index >= 15 is 0 Å².